The van der Waals surface area contributed by atoms with Crippen LogP contribution in [-0.2, 0) is 9.59 Å². The third-order valence-corrected chi connectivity index (χ3v) is 5.17. The molecule has 126 valence electrons. The summed E-state index contributed by atoms with van der Waals surface area (Å²) in [5, 5.41) is 1.00. The lowest BCUT2D eigenvalue weighted by molar-refractivity contribution is -0.137. The maximum atomic E-state index is 12.5. The van der Waals surface area contributed by atoms with E-state index in [9.17, 15) is 9.59 Å². The van der Waals surface area contributed by atoms with Crippen molar-refractivity contribution in [1.82, 2.24) is 19.4 Å². The van der Waals surface area contributed by atoms with Crippen LogP contribution in [0.3, 0.4) is 0 Å². The number of amides is 2. The van der Waals surface area contributed by atoms with Gasteiger partial charge < -0.3 is 0 Å². The van der Waals surface area contributed by atoms with Crippen LogP contribution in [0.15, 0.2) is 36.7 Å². The van der Waals surface area contributed by atoms with Crippen LogP contribution in [-0.4, -0.2) is 38.3 Å². The number of rotatable bonds is 2. The standard InChI is InChI=1S/C18H15IN4O2/c1-10-8-20-18(21-9-10)23-14-4-3-12(19)5-11(14)6-15(23)13-7-16(24)22(2)17(13)25/h3-6,8-9,13H,7H2,1-2H3. The van der Waals surface area contributed by atoms with Crippen molar-refractivity contribution >= 4 is 45.3 Å². The summed E-state index contributed by atoms with van der Waals surface area (Å²) in [4.78, 5) is 34.6. The molecule has 4 rings (SSSR count). The third kappa shape index (κ3) is 2.62. The van der Waals surface area contributed by atoms with E-state index in [1.165, 1.54) is 11.9 Å². The number of hydrogen-bond acceptors (Lipinski definition) is 4. The molecule has 6 nitrogen and oxygen atoms in total. The van der Waals surface area contributed by atoms with Crippen molar-refractivity contribution in [1.29, 1.82) is 0 Å². The quantitative estimate of drug-likeness (QED) is 0.449. The first-order valence-electron chi connectivity index (χ1n) is 7.86. The van der Waals surface area contributed by atoms with Crippen LogP contribution in [0.2, 0.25) is 0 Å². The van der Waals surface area contributed by atoms with Crippen molar-refractivity contribution in [2.24, 2.45) is 0 Å². The van der Waals surface area contributed by atoms with E-state index in [-0.39, 0.29) is 18.2 Å². The van der Waals surface area contributed by atoms with Gasteiger partial charge in [0.05, 0.1) is 11.4 Å². The summed E-state index contributed by atoms with van der Waals surface area (Å²) in [5.74, 6) is -0.346. The number of likely N-dealkylation sites (N-methyl/N-ethyl adjacent to an activating group) is 1. The number of hydrogen-bond donors (Lipinski definition) is 0. The Bertz CT molecular complexity index is 1010. The SMILES string of the molecule is Cc1cnc(-n2c(C3CC(=O)N(C)C3=O)cc3cc(I)ccc32)nc1. The average Bonchev–Trinajstić information content (AvgIpc) is 3.08. The van der Waals surface area contributed by atoms with E-state index in [4.69, 9.17) is 0 Å². The van der Waals surface area contributed by atoms with Gasteiger partial charge in [0.2, 0.25) is 17.8 Å². The predicted molar refractivity (Wildman–Crippen MR) is 101 cm³/mol. The maximum absolute atomic E-state index is 12.5. The summed E-state index contributed by atoms with van der Waals surface area (Å²) in [7, 11) is 1.53. The minimum Gasteiger partial charge on any atom is -0.285 e. The number of fused-ring (bicyclic) bond motifs is 1. The molecule has 1 atom stereocenters. The van der Waals surface area contributed by atoms with Crippen LogP contribution in [0.5, 0.6) is 0 Å². The number of benzene rings is 1. The molecule has 2 aromatic heterocycles. The summed E-state index contributed by atoms with van der Waals surface area (Å²) in [6.07, 6.45) is 3.67. The second-order valence-corrected chi connectivity index (χ2v) is 7.46. The highest BCUT2D eigenvalue weighted by Crippen LogP contribution is 2.34. The number of halogens is 1. The fraction of sp³-hybridized carbons (Fsp3) is 0.222. The molecular formula is C18H15IN4O2. The van der Waals surface area contributed by atoms with Crippen molar-refractivity contribution < 1.29 is 9.59 Å². The summed E-state index contributed by atoms with van der Waals surface area (Å²) in [6, 6.07) is 8.02. The molecule has 7 heteroatoms. The summed E-state index contributed by atoms with van der Waals surface area (Å²) >= 11 is 2.26. The normalized spacial score (nSPS) is 17.7. The first-order valence-corrected chi connectivity index (χ1v) is 8.94. The number of aromatic nitrogens is 3. The Kier molecular flexibility index (Phi) is 3.82. The lowest BCUT2D eigenvalue weighted by Crippen LogP contribution is -2.25. The molecule has 0 radical (unpaired) electrons. The molecule has 1 unspecified atom stereocenters. The van der Waals surface area contributed by atoms with Gasteiger partial charge in [0, 0.05) is 40.5 Å². The molecule has 3 heterocycles. The summed E-state index contributed by atoms with van der Waals surface area (Å²) in [5.41, 5.74) is 2.64. The minimum absolute atomic E-state index is 0.161. The van der Waals surface area contributed by atoms with Gasteiger partial charge in [-0.2, -0.15) is 0 Å². The van der Waals surface area contributed by atoms with Gasteiger partial charge in [-0.05, 0) is 59.3 Å². The monoisotopic (exact) mass is 446 g/mol. The Labute approximate surface area is 158 Å². The molecule has 0 saturated carbocycles. The second-order valence-electron chi connectivity index (χ2n) is 6.22. The van der Waals surface area contributed by atoms with Gasteiger partial charge in [0.15, 0.2) is 0 Å². The first kappa shape index (κ1) is 16.2. The molecule has 1 aromatic carbocycles. The van der Waals surface area contributed by atoms with E-state index in [1.807, 2.05) is 29.7 Å². The molecule has 25 heavy (non-hydrogen) atoms. The Hall–Kier alpha value is -2.29. The van der Waals surface area contributed by atoms with Gasteiger partial charge in [0.1, 0.15) is 0 Å². The number of carbonyl (C=O) groups is 2. The number of likely N-dealkylation sites (tertiary alicyclic amines) is 1. The van der Waals surface area contributed by atoms with E-state index in [0.29, 0.717) is 5.95 Å². The third-order valence-electron chi connectivity index (χ3n) is 4.50. The highest BCUT2D eigenvalue weighted by Gasteiger charge is 2.39. The molecule has 2 amide bonds. The molecule has 0 spiro atoms. The number of carbonyl (C=O) groups excluding carboxylic acids is 2. The molecule has 0 N–H and O–H groups in total. The van der Waals surface area contributed by atoms with Crippen LogP contribution in [0.1, 0.15) is 23.6 Å². The molecule has 0 aliphatic carbocycles. The van der Waals surface area contributed by atoms with Gasteiger partial charge in [-0.1, -0.05) is 0 Å². The Balaban J connectivity index is 1.97. The smallest absolute Gasteiger partial charge is 0.238 e. The molecule has 1 saturated heterocycles. The minimum atomic E-state index is -0.507. The summed E-state index contributed by atoms with van der Waals surface area (Å²) in [6.45, 7) is 1.93. The topological polar surface area (TPSA) is 68.1 Å². The van der Waals surface area contributed by atoms with Crippen LogP contribution in [0, 0.1) is 10.5 Å². The Morgan fingerprint density at radius 1 is 1.16 bits per heavy atom. The molecular weight excluding hydrogens is 431 g/mol. The number of aryl methyl sites for hydroxylation is 1. The van der Waals surface area contributed by atoms with Gasteiger partial charge in [0.25, 0.3) is 0 Å². The largest absolute Gasteiger partial charge is 0.285 e. The van der Waals surface area contributed by atoms with E-state index in [2.05, 4.69) is 38.6 Å². The highest BCUT2D eigenvalue weighted by molar-refractivity contribution is 14.1. The number of nitrogens with zero attached hydrogens (tertiary/aromatic N) is 4. The zero-order valence-electron chi connectivity index (χ0n) is 13.7. The van der Waals surface area contributed by atoms with E-state index in [1.54, 1.807) is 12.4 Å². The molecule has 1 aliphatic rings. The van der Waals surface area contributed by atoms with Crippen LogP contribution < -0.4 is 0 Å². The van der Waals surface area contributed by atoms with Crippen LogP contribution in [0.4, 0.5) is 0 Å². The van der Waals surface area contributed by atoms with Gasteiger partial charge in [-0.3, -0.25) is 19.1 Å². The lowest BCUT2D eigenvalue weighted by Gasteiger charge is -2.13. The van der Waals surface area contributed by atoms with E-state index < -0.39 is 5.92 Å². The zero-order valence-corrected chi connectivity index (χ0v) is 15.9. The van der Waals surface area contributed by atoms with E-state index >= 15 is 0 Å². The van der Waals surface area contributed by atoms with Gasteiger partial charge in [-0.25, -0.2) is 9.97 Å². The molecule has 1 fully saturated rings. The Morgan fingerprint density at radius 3 is 2.52 bits per heavy atom. The number of imide groups is 1. The Morgan fingerprint density at radius 2 is 1.88 bits per heavy atom. The first-order chi connectivity index (χ1) is 12.0. The van der Waals surface area contributed by atoms with Crippen molar-refractivity contribution in [3.63, 3.8) is 0 Å². The highest BCUT2D eigenvalue weighted by atomic mass is 127. The van der Waals surface area contributed by atoms with Gasteiger partial charge >= 0.3 is 0 Å². The van der Waals surface area contributed by atoms with E-state index in [0.717, 1.165) is 25.7 Å². The van der Waals surface area contributed by atoms with Crippen molar-refractivity contribution in [3.05, 3.63) is 51.5 Å². The fourth-order valence-electron chi connectivity index (χ4n) is 3.18. The maximum Gasteiger partial charge on any atom is 0.238 e. The predicted octanol–water partition coefficient (Wildman–Crippen LogP) is 2.81. The second kappa shape index (κ2) is 5.91. The van der Waals surface area contributed by atoms with Crippen LogP contribution in [0.25, 0.3) is 16.9 Å². The van der Waals surface area contributed by atoms with Crippen molar-refractivity contribution in [3.8, 4) is 5.95 Å². The molecule has 1 aliphatic heterocycles. The fourth-order valence-corrected chi connectivity index (χ4v) is 3.69. The molecule has 0 bridgehead atoms. The molecule has 3 aromatic rings. The zero-order chi connectivity index (χ0) is 17.7. The van der Waals surface area contributed by atoms with Crippen molar-refractivity contribution in [2.45, 2.75) is 19.3 Å². The summed E-state index contributed by atoms with van der Waals surface area (Å²) < 4.78 is 2.99. The van der Waals surface area contributed by atoms with Gasteiger partial charge in [-0.15, -0.1) is 0 Å². The van der Waals surface area contributed by atoms with Crippen molar-refractivity contribution in [2.75, 3.05) is 7.05 Å². The average molecular weight is 446 g/mol. The lowest BCUT2D eigenvalue weighted by atomic mass is 10.0. The van der Waals surface area contributed by atoms with Crippen LogP contribution >= 0.6 is 22.6 Å².